The highest BCUT2D eigenvalue weighted by molar-refractivity contribution is 5.95. The summed E-state index contributed by atoms with van der Waals surface area (Å²) in [4.78, 5) is 25.9. The second-order valence-electron chi connectivity index (χ2n) is 8.58. The minimum absolute atomic E-state index is 0.0210. The molecule has 1 amide bonds. The van der Waals surface area contributed by atoms with Crippen LogP contribution in [0.25, 0.3) is 17.0 Å². The van der Waals surface area contributed by atoms with Crippen LogP contribution in [0.2, 0.25) is 0 Å². The minimum Gasteiger partial charge on any atom is -0.452 e. The molecule has 14 heteroatoms. The number of nitrogens with zero attached hydrogens (tertiary/aromatic N) is 6. The fourth-order valence-corrected chi connectivity index (χ4v) is 4.16. The monoisotopic (exact) mass is 552 g/mol. The molecule has 0 unspecified atom stereocenters. The van der Waals surface area contributed by atoms with E-state index in [1.54, 1.807) is 18.2 Å². The van der Waals surface area contributed by atoms with E-state index in [0.717, 1.165) is 47.2 Å². The number of benzene rings is 2. The topological polar surface area (TPSA) is 138 Å². The number of amides is 1. The fourth-order valence-electron chi connectivity index (χ4n) is 4.16. The molecule has 3 aromatic heterocycles. The minimum atomic E-state index is -0.999. The molecule has 0 spiro atoms. The van der Waals surface area contributed by atoms with Crippen molar-refractivity contribution in [3.05, 3.63) is 94.8 Å². The summed E-state index contributed by atoms with van der Waals surface area (Å²) in [5, 5.41) is 4.42. The predicted molar refractivity (Wildman–Crippen MR) is 137 cm³/mol. The van der Waals surface area contributed by atoms with E-state index in [9.17, 15) is 22.4 Å². The highest BCUT2D eigenvalue weighted by Gasteiger charge is 2.27. The Morgan fingerprint density at radius 1 is 0.950 bits per heavy atom. The summed E-state index contributed by atoms with van der Waals surface area (Å²) in [5.74, 6) is -3.55. The van der Waals surface area contributed by atoms with E-state index >= 15 is 0 Å². The number of pyridine rings is 1. The third-order valence-corrected chi connectivity index (χ3v) is 5.99. The summed E-state index contributed by atoms with van der Waals surface area (Å²) in [6.07, 6.45) is 0.0140. The van der Waals surface area contributed by atoms with Crippen LogP contribution in [0, 0.1) is 23.3 Å². The van der Waals surface area contributed by atoms with Gasteiger partial charge in [-0.25, -0.2) is 27.3 Å². The van der Waals surface area contributed by atoms with Gasteiger partial charge in [-0.1, -0.05) is 18.2 Å². The molecule has 4 N–H and O–H groups in total. The second-order valence-corrected chi connectivity index (χ2v) is 8.58. The molecule has 5 rings (SSSR count). The molecule has 0 fully saturated rings. The largest absolute Gasteiger partial charge is 0.452 e. The summed E-state index contributed by atoms with van der Waals surface area (Å²) < 4.78 is 62.5. The molecular formula is C26H20F4N8O2. The van der Waals surface area contributed by atoms with Crippen molar-refractivity contribution in [1.82, 2.24) is 24.7 Å². The zero-order valence-electron chi connectivity index (χ0n) is 20.8. The molecule has 204 valence electrons. The van der Waals surface area contributed by atoms with Crippen LogP contribution in [0.5, 0.6) is 0 Å². The van der Waals surface area contributed by atoms with Gasteiger partial charge in [-0.3, -0.25) is 4.90 Å². The third kappa shape index (κ3) is 4.93. The van der Waals surface area contributed by atoms with Crippen molar-refractivity contribution in [3.8, 4) is 5.95 Å². The lowest BCUT2D eigenvalue weighted by Gasteiger charge is -2.23. The number of hydrogen-bond acceptors (Lipinski definition) is 8. The van der Waals surface area contributed by atoms with Crippen LogP contribution in [0.15, 0.2) is 54.7 Å². The number of methoxy groups -OCH3 is 1. The van der Waals surface area contributed by atoms with Crippen LogP contribution in [-0.4, -0.2) is 37.9 Å². The Hall–Kier alpha value is -5.27. The molecule has 0 bridgehead atoms. The molecule has 0 saturated carbocycles. The standard InChI is InChI=1S/C26H20F4N8O2/c1-40-26(39)37(12-14-8-15(27)6-7-18(14)30)22-23(31)34-25(35-24(22)32)38-20-10-16(28)11-33-21(20)19(36-38)9-13-4-2-3-5-17(13)29/h2-8,10-11H,9,12H2,1H3,(H4,31,32,34,35). The number of aromatic nitrogens is 5. The van der Waals surface area contributed by atoms with Crippen molar-refractivity contribution in [2.75, 3.05) is 23.5 Å². The lowest BCUT2D eigenvalue weighted by atomic mass is 10.1. The second kappa shape index (κ2) is 10.5. The van der Waals surface area contributed by atoms with Crippen molar-refractivity contribution < 1.29 is 27.1 Å². The first-order valence-corrected chi connectivity index (χ1v) is 11.7. The lowest BCUT2D eigenvalue weighted by molar-refractivity contribution is 0.178. The summed E-state index contributed by atoms with van der Waals surface area (Å²) in [7, 11) is 1.08. The number of carbonyl (C=O) groups excluding carboxylic acids is 1. The van der Waals surface area contributed by atoms with Crippen LogP contribution in [0.4, 0.5) is 39.7 Å². The molecular weight excluding hydrogens is 532 g/mol. The number of anilines is 3. The Labute approximate surface area is 223 Å². The van der Waals surface area contributed by atoms with Gasteiger partial charge in [0.2, 0.25) is 0 Å². The molecule has 0 aliphatic carbocycles. The van der Waals surface area contributed by atoms with Gasteiger partial charge in [0.15, 0.2) is 11.6 Å². The molecule has 2 aromatic carbocycles. The average molecular weight is 552 g/mol. The van der Waals surface area contributed by atoms with Crippen LogP contribution in [-0.2, 0) is 17.7 Å². The Kier molecular flexibility index (Phi) is 6.90. The van der Waals surface area contributed by atoms with E-state index in [1.807, 2.05) is 0 Å². The van der Waals surface area contributed by atoms with E-state index in [4.69, 9.17) is 16.2 Å². The number of nitrogens with two attached hydrogens (primary N) is 2. The van der Waals surface area contributed by atoms with Crippen molar-refractivity contribution >= 4 is 34.4 Å². The van der Waals surface area contributed by atoms with Gasteiger partial charge >= 0.3 is 6.09 Å². The SMILES string of the molecule is COC(=O)N(Cc1cc(F)ccc1F)c1c(N)nc(-n2nc(Cc3ccccc3F)c3ncc(F)cc32)nc1N. The maximum atomic E-state index is 14.4. The van der Waals surface area contributed by atoms with Gasteiger partial charge in [0, 0.05) is 18.1 Å². The van der Waals surface area contributed by atoms with E-state index in [0.29, 0.717) is 11.3 Å². The van der Waals surface area contributed by atoms with Crippen LogP contribution in [0.3, 0.4) is 0 Å². The smallest absolute Gasteiger partial charge is 0.414 e. The number of ether oxygens (including phenoxy) is 1. The van der Waals surface area contributed by atoms with Gasteiger partial charge in [0.1, 0.15) is 34.5 Å². The third-order valence-electron chi connectivity index (χ3n) is 5.99. The molecule has 10 nitrogen and oxygen atoms in total. The van der Waals surface area contributed by atoms with Crippen molar-refractivity contribution in [2.24, 2.45) is 0 Å². The molecule has 0 aliphatic heterocycles. The van der Waals surface area contributed by atoms with Crippen LogP contribution < -0.4 is 16.4 Å². The fraction of sp³-hybridized carbons (Fsp3) is 0.115. The van der Waals surface area contributed by atoms with E-state index in [2.05, 4.69) is 20.1 Å². The number of fused-ring (bicyclic) bond motifs is 1. The first-order valence-electron chi connectivity index (χ1n) is 11.7. The molecule has 40 heavy (non-hydrogen) atoms. The van der Waals surface area contributed by atoms with Gasteiger partial charge in [-0.15, -0.1) is 0 Å². The van der Waals surface area contributed by atoms with E-state index < -0.39 is 35.9 Å². The Balaban J connectivity index is 1.60. The molecule has 0 atom stereocenters. The molecule has 5 aromatic rings. The van der Waals surface area contributed by atoms with Gasteiger partial charge in [-0.2, -0.15) is 19.7 Å². The predicted octanol–water partition coefficient (Wildman–Crippen LogP) is 4.30. The van der Waals surface area contributed by atoms with Crippen molar-refractivity contribution in [3.63, 3.8) is 0 Å². The van der Waals surface area contributed by atoms with Crippen LogP contribution >= 0.6 is 0 Å². The lowest BCUT2D eigenvalue weighted by Crippen LogP contribution is -2.33. The molecule has 0 aliphatic rings. The maximum Gasteiger partial charge on any atom is 0.414 e. The highest BCUT2D eigenvalue weighted by atomic mass is 19.1. The normalized spacial score (nSPS) is 11.1. The summed E-state index contributed by atoms with van der Waals surface area (Å²) >= 11 is 0. The van der Waals surface area contributed by atoms with Gasteiger partial charge in [0.05, 0.1) is 31.1 Å². The Morgan fingerprint density at radius 3 is 2.35 bits per heavy atom. The van der Waals surface area contributed by atoms with Gasteiger partial charge in [-0.05, 0) is 29.8 Å². The Morgan fingerprint density at radius 2 is 1.65 bits per heavy atom. The highest BCUT2D eigenvalue weighted by Crippen LogP contribution is 2.32. The first-order chi connectivity index (χ1) is 19.2. The molecule has 3 heterocycles. The average Bonchev–Trinajstić information content (AvgIpc) is 3.27. The van der Waals surface area contributed by atoms with Crippen molar-refractivity contribution in [2.45, 2.75) is 13.0 Å². The van der Waals surface area contributed by atoms with E-state index in [-0.39, 0.29) is 46.3 Å². The summed E-state index contributed by atoms with van der Waals surface area (Å²) in [5.41, 5.74) is 12.9. The zero-order valence-corrected chi connectivity index (χ0v) is 20.8. The molecule has 0 radical (unpaired) electrons. The number of rotatable bonds is 6. The van der Waals surface area contributed by atoms with Crippen molar-refractivity contribution in [1.29, 1.82) is 0 Å². The summed E-state index contributed by atoms with van der Waals surface area (Å²) in [6, 6.07) is 9.96. The number of halogens is 4. The maximum absolute atomic E-state index is 14.4. The summed E-state index contributed by atoms with van der Waals surface area (Å²) in [6.45, 7) is -0.514. The zero-order chi connectivity index (χ0) is 28.6. The number of carbonyl (C=O) groups is 1. The van der Waals surface area contributed by atoms with Crippen LogP contribution in [0.1, 0.15) is 16.8 Å². The van der Waals surface area contributed by atoms with Gasteiger partial charge < -0.3 is 16.2 Å². The molecule has 0 saturated heterocycles. The van der Waals surface area contributed by atoms with E-state index in [1.165, 1.54) is 6.07 Å². The number of hydrogen-bond donors (Lipinski definition) is 2. The van der Waals surface area contributed by atoms with Gasteiger partial charge in [0.25, 0.3) is 5.95 Å². The number of nitrogen functional groups attached to an aromatic ring is 2. The Bertz CT molecular complexity index is 1740. The quantitative estimate of drug-likeness (QED) is 0.298. The first kappa shape index (κ1) is 26.3.